The summed E-state index contributed by atoms with van der Waals surface area (Å²) in [5.74, 6) is 1.53. The van der Waals surface area contributed by atoms with Crippen molar-refractivity contribution < 1.29 is 9.53 Å². The maximum atomic E-state index is 12.2. The highest BCUT2D eigenvalue weighted by molar-refractivity contribution is 6.31. The minimum atomic E-state index is -0.371. The highest BCUT2D eigenvalue weighted by Gasteiger charge is 2.08. The summed E-state index contributed by atoms with van der Waals surface area (Å²) in [6.07, 6.45) is 0. The number of halogens is 1. The lowest BCUT2D eigenvalue weighted by Crippen LogP contribution is -2.19. The van der Waals surface area contributed by atoms with Gasteiger partial charge >= 0.3 is 6.03 Å². The summed E-state index contributed by atoms with van der Waals surface area (Å²) in [6.45, 7) is 5.78. The van der Waals surface area contributed by atoms with Crippen molar-refractivity contribution in [3.63, 3.8) is 0 Å². The van der Waals surface area contributed by atoms with Gasteiger partial charge in [0, 0.05) is 28.2 Å². The van der Waals surface area contributed by atoms with Crippen molar-refractivity contribution in [2.75, 3.05) is 10.6 Å². The van der Waals surface area contributed by atoms with Gasteiger partial charge in [-0.1, -0.05) is 17.7 Å². The fraction of sp³-hybridized carbons (Fsp3) is 0.130. The zero-order chi connectivity index (χ0) is 22.7. The first kappa shape index (κ1) is 21.3. The summed E-state index contributed by atoms with van der Waals surface area (Å²) < 4.78 is 7.46. The lowest BCUT2D eigenvalue weighted by atomic mass is 10.2. The van der Waals surface area contributed by atoms with Crippen molar-refractivity contribution in [1.82, 2.24) is 20.0 Å². The number of hydrogen-bond donors (Lipinski definition) is 2. The first-order valence-corrected chi connectivity index (χ1v) is 10.2. The number of aromatic nitrogens is 4. The van der Waals surface area contributed by atoms with Crippen molar-refractivity contribution in [3.05, 3.63) is 82.6 Å². The van der Waals surface area contributed by atoms with Crippen LogP contribution >= 0.6 is 11.6 Å². The van der Waals surface area contributed by atoms with Gasteiger partial charge in [0.1, 0.15) is 5.75 Å². The predicted octanol–water partition coefficient (Wildman–Crippen LogP) is 5.68. The van der Waals surface area contributed by atoms with E-state index < -0.39 is 0 Å². The van der Waals surface area contributed by atoms with Gasteiger partial charge in [-0.2, -0.15) is 5.10 Å². The normalized spacial score (nSPS) is 10.6. The Bertz CT molecular complexity index is 1250. The molecule has 8 nitrogen and oxygen atoms in total. The molecule has 0 saturated heterocycles. The van der Waals surface area contributed by atoms with Crippen LogP contribution in [0.4, 0.5) is 16.2 Å². The Balaban J connectivity index is 1.35. The lowest BCUT2D eigenvalue weighted by molar-refractivity contribution is 0.262. The third-order valence-corrected chi connectivity index (χ3v) is 5.02. The molecule has 0 atom stereocenters. The van der Waals surface area contributed by atoms with E-state index in [1.54, 1.807) is 53.2 Å². The van der Waals surface area contributed by atoms with Gasteiger partial charge in [0.2, 0.25) is 5.88 Å². The van der Waals surface area contributed by atoms with Crippen LogP contribution in [0, 0.1) is 20.8 Å². The lowest BCUT2D eigenvalue weighted by Gasteiger charge is -2.10. The average Bonchev–Trinajstić information content (AvgIpc) is 3.10. The number of urea groups is 1. The number of rotatable bonds is 5. The van der Waals surface area contributed by atoms with Crippen LogP contribution in [-0.4, -0.2) is 26.0 Å². The molecular weight excluding hydrogens is 428 g/mol. The molecule has 2 amide bonds. The van der Waals surface area contributed by atoms with E-state index in [1.807, 2.05) is 32.9 Å². The average molecular weight is 449 g/mol. The molecule has 2 aromatic heterocycles. The monoisotopic (exact) mass is 448 g/mol. The first-order chi connectivity index (χ1) is 15.4. The summed E-state index contributed by atoms with van der Waals surface area (Å²) in [4.78, 5) is 12.2. The number of amides is 2. The molecule has 4 aromatic rings. The molecule has 2 N–H and O–H groups in total. The van der Waals surface area contributed by atoms with Crippen LogP contribution in [0.15, 0.2) is 60.7 Å². The molecule has 0 saturated carbocycles. The summed E-state index contributed by atoms with van der Waals surface area (Å²) in [7, 11) is 0. The van der Waals surface area contributed by atoms with Gasteiger partial charge in [-0.05, 0) is 74.9 Å². The van der Waals surface area contributed by atoms with Crippen molar-refractivity contribution in [3.8, 4) is 17.4 Å². The van der Waals surface area contributed by atoms with Crippen LogP contribution in [-0.2, 0) is 0 Å². The van der Waals surface area contributed by atoms with Gasteiger partial charge in [-0.25, -0.2) is 9.48 Å². The summed E-state index contributed by atoms with van der Waals surface area (Å²) in [5, 5.41) is 18.8. The van der Waals surface area contributed by atoms with Crippen molar-refractivity contribution in [2.45, 2.75) is 20.8 Å². The van der Waals surface area contributed by atoms with E-state index in [9.17, 15) is 4.79 Å². The van der Waals surface area contributed by atoms with Gasteiger partial charge in [-0.3, -0.25) is 0 Å². The molecule has 0 aliphatic rings. The zero-order valence-corrected chi connectivity index (χ0v) is 18.5. The highest BCUT2D eigenvalue weighted by atomic mass is 35.5. The molecule has 0 fully saturated rings. The molecule has 0 bridgehead atoms. The number of carbonyl (C=O) groups is 1. The maximum absolute atomic E-state index is 12.2. The van der Waals surface area contributed by atoms with E-state index >= 15 is 0 Å². The van der Waals surface area contributed by atoms with Gasteiger partial charge in [0.15, 0.2) is 5.82 Å². The molecular formula is C23H21ClN6O2. The molecule has 2 heterocycles. The number of anilines is 2. The minimum absolute atomic E-state index is 0.352. The molecule has 0 aliphatic carbocycles. The Morgan fingerprint density at radius 3 is 2.25 bits per heavy atom. The topological polar surface area (TPSA) is 94.0 Å². The predicted molar refractivity (Wildman–Crippen MR) is 124 cm³/mol. The summed E-state index contributed by atoms with van der Waals surface area (Å²) in [6, 6.07) is 17.4. The number of benzene rings is 2. The van der Waals surface area contributed by atoms with Crippen LogP contribution in [0.25, 0.3) is 5.82 Å². The van der Waals surface area contributed by atoms with E-state index in [4.69, 9.17) is 16.3 Å². The third kappa shape index (κ3) is 5.04. The number of nitrogens with one attached hydrogen (secondary N) is 2. The quantitative estimate of drug-likeness (QED) is 0.409. The Morgan fingerprint density at radius 1 is 0.906 bits per heavy atom. The van der Waals surface area contributed by atoms with Gasteiger partial charge < -0.3 is 15.4 Å². The number of nitrogens with zero attached hydrogens (tertiary/aromatic N) is 4. The van der Waals surface area contributed by atoms with Gasteiger partial charge in [0.05, 0.1) is 5.69 Å². The van der Waals surface area contributed by atoms with Crippen LogP contribution < -0.4 is 15.4 Å². The molecule has 9 heteroatoms. The highest BCUT2D eigenvalue weighted by Crippen LogP contribution is 2.23. The fourth-order valence-electron chi connectivity index (χ4n) is 3.03. The molecule has 0 spiro atoms. The first-order valence-electron chi connectivity index (χ1n) is 9.87. The number of hydrogen-bond acceptors (Lipinski definition) is 5. The Labute approximate surface area is 190 Å². The van der Waals surface area contributed by atoms with Gasteiger partial charge in [-0.15, -0.1) is 10.2 Å². The van der Waals surface area contributed by atoms with Crippen molar-refractivity contribution >= 4 is 29.0 Å². The van der Waals surface area contributed by atoms with E-state index in [-0.39, 0.29) is 6.03 Å². The standard InChI is InChI=1S/C23H21ClN6O2/c1-14-4-5-18(13-20(14)24)26-23(31)25-17-6-8-19(9-7-17)32-22-11-10-21(27-28-22)30-16(3)12-15(2)29-30/h4-13H,1-3H3,(H2,25,26,31). The summed E-state index contributed by atoms with van der Waals surface area (Å²) >= 11 is 6.09. The van der Waals surface area contributed by atoms with Crippen LogP contribution in [0.1, 0.15) is 17.0 Å². The van der Waals surface area contributed by atoms with Crippen molar-refractivity contribution in [2.24, 2.45) is 0 Å². The van der Waals surface area contributed by atoms with E-state index in [1.165, 1.54) is 0 Å². The van der Waals surface area contributed by atoms with Crippen molar-refractivity contribution in [1.29, 1.82) is 0 Å². The fourth-order valence-corrected chi connectivity index (χ4v) is 3.21. The summed E-state index contributed by atoms with van der Waals surface area (Å²) in [5.41, 5.74) is 4.05. The number of carbonyl (C=O) groups excluding carboxylic acids is 1. The molecule has 162 valence electrons. The van der Waals surface area contributed by atoms with E-state index in [2.05, 4.69) is 25.9 Å². The number of ether oxygens (including phenoxy) is 1. The van der Waals surface area contributed by atoms with Crippen LogP contribution in [0.5, 0.6) is 11.6 Å². The SMILES string of the molecule is Cc1cc(C)n(-c2ccc(Oc3ccc(NC(=O)Nc4ccc(C)c(Cl)c4)cc3)nn2)n1. The van der Waals surface area contributed by atoms with E-state index in [0.717, 1.165) is 17.0 Å². The molecule has 4 rings (SSSR count). The molecule has 0 unspecified atom stereocenters. The molecule has 0 aliphatic heterocycles. The van der Waals surface area contributed by atoms with E-state index in [0.29, 0.717) is 33.8 Å². The second-order valence-corrected chi connectivity index (χ2v) is 7.65. The third-order valence-electron chi connectivity index (χ3n) is 4.62. The Kier molecular flexibility index (Phi) is 6.04. The molecule has 2 aromatic carbocycles. The van der Waals surface area contributed by atoms with Crippen LogP contribution in [0.3, 0.4) is 0 Å². The minimum Gasteiger partial charge on any atom is -0.438 e. The zero-order valence-electron chi connectivity index (χ0n) is 17.8. The second kappa shape index (κ2) is 9.07. The largest absolute Gasteiger partial charge is 0.438 e. The smallest absolute Gasteiger partial charge is 0.323 e. The molecule has 0 radical (unpaired) electrons. The Hall–Kier alpha value is -3.91. The maximum Gasteiger partial charge on any atom is 0.323 e. The Morgan fingerprint density at radius 2 is 1.62 bits per heavy atom. The van der Waals surface area contributed by atoms with Gasteiger partial charge in [0.25, 0.3) is 0 Å². The van der Waals surface area contributed by atoms with Crippen LogP contribution in [0.2, 0.25) is 5.02 Å². The number of aryl methyl sites for hydroxylation is 3. The molecule has 32 heavy (non-hydrogen) atoms. The second-order valence-electron chi connectivity index (χ2n) is 7.24.